The highest BCUT2D eigenvalue weighted by Crippen LogP contribution is 1.86. The lowest BCUT2D eigenvalue weighted by molar-refractivity contribution is -0.142. The Morgan fingerprint density at radius 2 is 2.00 bits per heavy atom. The second-order valence-electron chi connectivity index (χ2n) is 1.54. The summed E-state index contributed by atoms with van der Waals surface area (Å²) >= 11 is 0. The fraction of sp³-hybridized carbons (Fsp3) is 0.750. The van der Waals surface area contributed by atoms with Gasteiger partial charge in [-0.2, -0.15) is 8.42 Å². The van der Waals surface area contributed by atoms with Crippen LogP contribution >= 0.6 is 0 Å². The van der Waals surface area contributed by atoms with E-state index in [1.807, 2.05) is 0 Å². The molecule has 0 amide bonds. The van der Waals surface area contributed by atoms with Gasteiger partial charge in [0, 0.05) is 0 Å². The summed E-state index contributed by atoms with van der Waals surface area (Å²) in [6, 6.07) is 0. The Hall–Kier alpha value is -0.620. The lowest BCUT2D eigenvalue weighted by Crippen LogP contribution is -2.13. The van der Waals surface area contributed by atoms with E-state index in [2.05, 4.69) is 8.92 Å². The molecule has 6 heteroatoms. The van der Waals surface area contributed by atoms with Gasteiger partial charge in [0.15, 0.2) is 6.61 Å². The molecule has 0 aromatic heterocycles. The minimum atomic E-state index is -3.53. The van der Waals surface area contributed by atoms with Crippen LogP contribution in [0.25, 0.3) is 0 Å². The van der Waals surface area contributed by atoms with Gasteiger partial charge in [-0.05, 0) is 0 Å². The number of hydrogen-bond acceptors (Lipinski definition) is 5. The Balaban J connectivity index is 3.67. The summed E-state index contributed by atoms with van der Waals surface area (Å²) in [4.78, 5) is 10.2. The normalized spacial score (nSPS) is 11.0. The molecule has 0 heterocycles. The van der Waals surface area contributed by atoms with E-state index < -0.39 is 22.7 Å². The Kier molecular flexibility index (Phi) is 3.31. The van der Waals surface area contributed by atoms with E-state index >= 15 is 0 Å². The van der Waals surface area contributed by atoms with Gasteiger partial charge in [-0.25, -0.2) is 4.79 Å². The Bertz CT molecular complexity index is 204. The van der Waals surface area contributed by atoms with Crippen LogP contribution in [0.2, 0.25) is 0 Å². The van der Waals surface area contributed by atoms with Gasteiger partial charge in [-0.1, -0.05) is 0 Å². The summed E-state index contributed by atoms with van der Waals surface area (Å²) in [6.45, 7) is -0.560. The third-order valence-corrected chi connectivity index (χ3v) is 1.16. The molecule has 0 aliphatic heterocycles. The first-order valence-electron chi connectivity index (χ1n) is 2.37. The molecule has 0 saturated carbocycles. The quantitative estimate of drug-likeness (QED) is 0.405. The van der Waals surface area contributed by atoms with Crippen molar-refractivity contribution in [2.75, 3.05) is 20.0 Å². The van der Waals surface area contributed by atoms with Gasteiger partial charge >= 0.3 is 5.97 Å². The van der Waals surface area contributed by atoms with Crippen LogP contribution in [0.3, 0.4) is 0 Å². The predicted octanol–water partition coefficient (Wildman–Crippen LogP) is -0.864. The fourth-order valence-corrected chi connectivity index (χ4v) is 0.524. The second-order valence-corrected chi connectivity index (χ2v) is 3.19. The number of methoxy groups -OCH3 is 1. The monoisotopic (exact) mass is 168 g/mol. The van der Waals surface area contributed by atoms with E-state index in [4.69, 9.17) is 0 Å². The standard InChI is InChI=1S/C4H8O5S/c1-8-4(5)3-9-10(2,6)7/h3H2,1-2H3. The molecule has 0 aliphatic rings. The first-order chi connectivity index (χ1) is 4.45. The van der Waals surface area contributed by atoms with Crippen molar-refractivity contribution in [1.29, 1.82) is 0 Å². The van der Waals surface area contributed by atoms with Crippen molar-refractivity contribution < 1.29 is 22.1 Å². The van der Waals surface area contributed by atoms with Gasteiger partial charge in [-0.15, -0.1) is 0 Å². The molecular formula is C4H8O5S. The van der Waals surface area contributed by atoms with Crippen LogP contribution in [-0.2, 0) is 23.8 Å². The number of carbonyl (C=O) groups is 1. The largest absolute Gasteiger partial charge is 0.467 e. The van der Waals surface area contributed by atoms with Gasteiger partial charge in [0.1, 0.15) is 0 Å². The summed E-state index contributed by atoms with van der Waals surface area (Å²) in [6.07, 6.45) is 0.857. The van der Waals surface area contributed by atoms with Gasteiger partial charge in [0.2, 0.25) is 0 Å². The molecule has 10 heavy (non-hydrogen) atoms. The summed E-state index contributed by atoms with van der Waals surface area (Å²) in [5.41, 5.74) is 0. The van der Waals surface area contributed by atoms with E-state index in [9.17, 15) is 13.2 Å². The molecule has 0 atom stereocenters. The number of hydrogen-bond donors (Lipinski definition) is 0. The lowest BCUT2D eigenvalue weighted by Gasteiger charge is -1.97. The molecule has 0 aromatic rings. The van der Waals surface area contributed by atoms with Gasteiger partial charge in [0.05, 0.1) is 13.4 Å². The van der Waals surface area contributed by atoms with Crippen molar-refractivity contribution in [1.82, 2.24) is 0 Å². The van der Waals surface area contributed by atoms with Crippen molar-refractivity contribution in [3.8, 4) is 0 Å². The fourth-order valence-electron chi connectivity index (χ4n) is 0.214. The van der Waals surface area contributed by atoms with E-state index in [1.165, 1.54) is 0 Å². The van der Waals surface area contributed by atoms with Crippen LogP contribution in [0.5, 0.6) is 0 Å². The number of carbonyl (C=O) groups excluding carboxylic acids is 1. The highest BCUT2D eigenvalue weighted by molar-refractivity contribution is 7.86. The molecule has 0 aliphatic carbocycles. The molecular weight excluding hydrogens is 160 g/mol. The molecule has 60 valence electrons. The molecule has 0 saturated heterocycles. The maximum absolute atomic E-state index is 10.2. The van der Waals surface area contributed by atoms with Crippen molar-refractivity contribution in [3.63, 3.8) is 0 Å². The zero-order valence-corrected chi connectivity index (χ0v) is 6.47. The van der Waals surface area contributed by atoms with Crippen LogP contribution in [-0.4, -0.2) is 34.4 Å². The maximum Gasteiger partial charge on any atom is 0.333 e. The van der Waals surface area contributed by atoms with E-state index in [0.29, 0.717) is 0 Å². The molecule has 0 unspecified atom stereocenters. The Morgan fingerprint density at radius 3 is 2.30 bits per heavy atom. The molecule has 0 spiro atoms. The van der Waals surface area contributed by atoms with Gasteiger partial charge < -0.3 is 4.74 Å². The van der Waals surface area contributed by atoms with Crippen LogP contribution in [0.4, 0.5) is 0 Å². The number of ether oxygens (including phenoxy) is 1. The van der Waals surface area contributed by atoms with Gasteiger partial charge in [-0.3, -0.25) is 4.18 Å². The summed E-state index contributed by atoms with van der Waals surface area (Å²) < 4.78 is 28.6. The second kappa shape index (κ2) is 3.52. The molecule has 0 bridgehead atoms. The summed E-state index contributed by atoms with van der Waals surface area (Å²) in [7, 11) is -2.38. The molecule has 0 N–H and O–H groups in total. The zero-order chi connectivity index (χ0) is 8.20. The minimum absolute atomic E-state index is 0.560. The average molecular weight is 168 g/mol. The SMILES string of the molecule is COC(=O)COS(C)(=O)=O. The first-order valence-corrected chi connectivity index (χ1v) is 4.18. The molecule has 5 nitrogen and oxygen atoms in total. The summed E-state index contributed by atoms with van der Waals surface area (Å²) in [5, 5.41) is 0. The molecule has 0 fully saturated rings. The number of rotatable bonds is 3. The van der Waals surface area contributed by atoms with E-state index in [-0.39, 0.29) is 0 Å². The number of esters is 1. The average Bonchev–Trinajstić information content (AvgIpc) is 1.81. The van der Waals surface area contributed by atoms with E-state index in [1.54, 1.807) is 0 Å². The van der Waals surface area contributed by atoms with Crippen molar-refractivity contribution in [2.24, 2.45) is 0 Å². The third kappa shape index (κ3) is 5.52. The van der Waals surface area contributed by atoms with Crippen molar-refractivity contribution >= 4 is 16.1 Å². The Labute approximate surface area is 59.1 Å². The molecule has 0 rings (SSSR count). The highest BCUT2D eigenvalue weighted by atomic mass is 32.2. The topological polar surface area (TPSA) is 69.7 Å². The van der Waals surface area contributed by atoms with Crippen molar-refractivity contribution in [2.45, 2.75) is 0 Å². The summed E-state index contributed by atoms with van der Waals surface area (Å²) in [5.74, 6) is -0.717. The van der Waals surface area contributed by atoms with Crippen LogP contribution in [0.15, 0.2) is 0 Å². The van der Waals surface area contributed by atoms with Crippen LogP contribution in [0, 0.1) is 0 Å². The maximum atomic E-state index is 10.2. The smallest absolute Gasteiger partial charge is 0.333 e. The molecule has 0 radical (unpaired) electrons. The molecule has 0 aromatic carbocycles. The van der Waals surface area contributed by atoms with Crippen LogP contribution < -0.4 is 0 Å². The minimum Gasteiger partial charge on any atom is -0.467 e. The zero-order valence-electron chi connectivity index (χ0n) is 5.66. The highest BCUT2D eigenvalue weighted by Gasteiger charge is 2.06. The Morgan fingerprint density at radius 1 is 1.50 bits per heavy atom. The van der Waals surface area contributed by atoms with Gasteiger partial charge in [0.25, 0.3) is 10.1 Å². The first kappa shape index (κ1) is 9.38. The van der Waals surface area contributed by atoms with Crippen LogP contribution in [0.1, 0.15) is 0 Å². The lowest BCUT2D eigenvalue weighted by atomic mass is 10.8. The van der Waals surface area contributed by atoms with E-state index in [0.717, 1.165) is 13.4 Å². The van der Waals surface area contributed by atoms with Crippen molar-refractivity contribution in [3.05, 3.63) is 0 Å². The third-order valence-electron chi connectivity index (χ3n) is 0.619. The predicted molar refractivity (Wildman–Crippen MR) is 32.8 cm³/mol.